The Balaban J connectivity index is 1.59. The van der Waals surface area contributed by atoms with E-state index < -0.39 is 0 Å². The van der Waals surface area contributed by atoms with Crippen molar-refractivity contribution in [3.63, 3.8) is 0 Å². The molecule has 0 aliphatic carbocycles. The highest BCUT2D eigenvalue weighted by Crippen LogP contribution is 2.25. The van der Waals surface area contributed by atoms with Crippen LogP contribution in [0.3, 0.4) is 0 Å². The number of hydrogen-bond acceptors (Lipinski definition) is 2. The lowest BCUT2D eigenvalue weighted by Gasteiger charge is -2.27. The van der Waals surface area contributed by atoms with Crippen LogP contribution in [0.15, 0.2) is 24.3 Å². The molecule has 1 heterocycles. The molecule has 2 rings (SSSR count). The van der Waals surface area contributed by atoms with Gasteiger partial charge in [-0.05, 0) is 43.7 Å². The van der Waals surface area contributed by atoms with Crippen LogP contribution in [-0.4, -0.2) is 33.4 Å². The molecule has 1 aliphatic heterocycles. The summed E-state index contributed by atoms with van der Waals surface area (Å²) in [6, 6.07) is 7.85. The fraction of sp³-hybridized carbons (Fsp3) is 0.647. The summed E-state index contributed by atoms with van der Waals surface area (Å²) in [5.74, 6) is 2.62. The summed E-state index contributed by atoms with van der Waals surface area (Å²) < 4.78 is 11.1. The Bertz CT molecular complexity index is 386. The minimum Gasteiger partial charge on any atom is -0.493 e. The number of likely N-dealkylation sites (tertiary alicyclic amines) is 1. The molecule has 1 aromatic rings. The molecule has 1 fully saturated rings. The van der Waals surface area contributed by atoms with Crippen molar-refractivity contribution >= 4 is 0 Å². The average molecular weight is 278 g/mol. The maximum Gasteiger partial charge on any atom is 0.161 e. The second kappa shape index (κ2) is 8.15. The SMILES string of the molecule is COc1ccccc1OCCCC[NH+]1CCC(C)CC1. The Labute approximate surface area is 122 Å². The van der Waals surface area contributed by atoms with E-state index in [0.29, 0.717) is 0 Å². The third-order valence-electron chi connectivity index (χ3n) is 4.23. The smallest absolute Gasteiger partial charge is 0.161 e. The summed E-state index contributed by atoms with van der Waals surface area (Å²) in [7, 11) is 1.68. The molecule has 0 saturated carbocycles. The van der Waals surface area contributed by atoms with Crippen molar-refractivity contribution in [2.75, 3.05) is 33.4 Å². The van der Waals surface area contributed by atoms with Crippen molar-refractivity contribution in [1.29, 1.82) is 0 Å². The van der Waals surface area contributed by atoms with Gasteiger partial charge < -0.3 is 14.4 Å². The molecule has 1 aromatic carbocycles. The van der Waals surface area contributed by atoms with Gasteiger partial charge in [-0.15, -0.1) is 0 Å². The van der Waals surface area contributed by atoms with E-state index in [1.54, 1.807) is 12.0 Å². The zero-order valence-corrected chi connectivity index (χ0v) is 12.9. The van der Waals surface area contributed by atoms with Gasteiger partial charge in [0, 0.05) is 0 Å². The van der Waals surface area contributed by atoms with Crippen molar-refractivity contribution in [3.8, 4) is 11.5 Å². The first-order valence-electron chi connectivity index (χ1n) is 7.89. The van der Waals surface area contributed by atoms with Crippen molar-refractivity contribution in [1.82, 2.24) is 0 Å². The molecule has 0 unspecified atom stereocenters. The van der Waals surface area contributed by atoms with Gasteiger partial charge in [0.1, 0.15) is 0 Å². The molecule has 0 amide bonds. The number of ether oxygens (including phenoxy) is 2. The van der Waals surface area contributed by atoms with Gasteiger partial charge in [0.25, 0.3) is 0 Å². The van der Waals surface area contributed by atoms with E-state index in [0.717, 1.165) is 30.4 Å². The van der Waals surface area contributed by atoms with Crippen LogP contribution in [0.5, 0.6) is 11.5 Å². The number of para-hydroxylation sites is 2. The number of rotatable bonds is 7. The first-order valence-corrected chi connectivity index (χ1v) is 7.89. The zero-order chi connectivity index (χ0) is 14.2. The van der Waals surface area contributed by atoms with E-state index in [1.807, 2.05) is 24.3 Å². The number of benzene rings is 1. The molecule has 3 nitrogen and oxygen atoms in total. The van der Waals surface area contributed by atoms with Crippen LogP contribution < -0.4 is 14.4 Å². The number of hydrogen-bond donors (Lipinski definition) is 1. The molecule has 0 atom stereocenters. The van der Waals surface area contributed by atoms with Crippen LogP contribution in [0.4, 0.5) is 0 Å². The van der Waals surface area contributed by atoms with Crippen molar-refractivity contribution in [3.05, 3.63) is 24.3 Å². The fourth-order valence-electron chi connectivity index (χ4n) is 2.82. The lowest BCUT2D eigenvalue weighted by Crippen LogP contribution is -3.13. The molecule has 0 aromatic heterocycles. The predicted octanol–water partition coefficient (Wildman–Crippen LogP) is 2.17. The highest BCUT2D eigenvalue weighted by molar-refractivity contribution is 5.39. The molecular formula is C17H28NO2+. The number of methoxy groups -OCH3 is 1. The van der Waals surface area contributed by atoms with Gasteiger partial charge in [-0.2, -0.15) is 0 Å². The number of nitrogens with one attached hydrogen (secondary N) is 1. The van der Waals surface area contributed by atoms with Crippen LogP contribution in [0, 0.1) is 5.92 Å². The van der Waals surface area contributed by atoms with Gasteiger partial charge in [0.15, 0.2) is 11.5 Å². The fourth-order valence-corrected chi connectivity index (χ4v) is 2.82. The number of quaternary nitrogens is 1. The lowest BCUT2D eigenvalue weighted by atomic mass is 9.99. The molecule has 0 bridgehead atoms. The highest BCUT2D eigenvalue weighted by atomic mass is 16.5. The van der Waals surface area contributed by atoms with Crippen molar-refractivity contribution in [2.45, 2.75) is 32.6 Å². The van der Waals surface area contributed by atoms with Gasteiger partial charge in [0.05, 0.1) is 33.4 Å². The standard InChI is InChI=1S/C17H27NO2/c1-15-9-12-18(13-10-15)11-5-6-14-20-17-8-4-3-7-16(17)19-2/h3-4,7-8,15H,5-6,9-14H2,1-2H3/p+1. The summed E-state index contributed by atoms with van der Waals surface area (Å²) in [6.07, 6.45) is 5.16. The lowest BCUT2D eigenvalue weighted by molar-refractivity contribution is -0.906. The second-order valence-corrected chi connectivity index (χ2v) is 5.89. The van der Waals surface area contributed by atoms with E-state index >= 15 is 0 Å². The van der Waals surface area contributed by atoms with Crippen LogP contribution in [0.1, 0.15) is 32.6 Å². The monoisotopic (exact) mass is 278 g/mol. The van der Waals surface area contributed by atoms with Crippen molar-refractivity contribution in [2.24, 2.45) is 5.92 Å². The van der Waals surface area contributed by atoms with Crippen LogP contribution in [0.2, 0.25) is 0 Å². The maximum atomic E-state index is 5.80. The Morgan fingerprint density at radius 1 is 1.10 bits per heavy atom. The molecule has 0 spiro atoms. The van der Waals surface area contributed by atoms with Gasteiger partial charge in [0.2, 0.25) is 0 Å². The maximum absolute atomic E-state index is 5.80. The van der Waals surface area contributed by atoms with E-state index in [9.17, 15) is 0 Å². The average Bonchev–Trinajstić information content (AvgIpc) is 2.49. The summed E-state index contributed by atoms with van der Waals surface area (Å²) in [4.78, 5) is 1.78. The molecule has 1 aliphatic rings. The molecular weight excluding hydrogens is 250 g/mol. The molecule has 1 saturated heterocycles. The first kappa shape index (κ1) is 15.2. The summed E-state index contributed by atoms with van der Waals surface area (Å²) in [5, 5.41) is 0. The van der Waals surface area contributed by atoms with E-state index in [2.05, 4.69) is 6.92 Å². The molecule has 3 heteroatoms. The Morgan fingerprint density at radius 3 is 2.50 bits per heavy atom. The van der Waals surface area contributed by atoms with Gasteiger partial charge in [-0.1, -0.05) is 19.1 Å². The highest BCUT2D eigenvalue weighted by Gasteiger charge is 2.17. The largest absolute Gasteiger partial charge is 0.493 e. The topological polar surface area (TPSA) is 22.9 Å². The zero-order valence-electron chi connectivity index (χ0n) is 12.9. The molecule has 112 valence electrons. The van der Waals surface area contributed by atoms with Gasteiger partial charge >= 0.3 is 0 Å². The molecule has 0 radical (unpaired) electrons. The molecule has 1 N–H and O–H groups in total. The van der Waals surface area contributed by atoms with Crippen LogP contribution in [-0.2, 0) is 0 Å². The van der Waals surface area contributed by atoms with E-state index in [-0.39, 0.29) is 0 Å². The van der Waals surface area contributed by atoms with E-state index in [1.165, 1.54) is 38.9 Å². The number of piperidine rings is 1. The second-order valence-electron chi connectivity index (χ2n) is 5.89. The molecule has 20 heavy (non-hydrogen) atoms. The number of unbranched alkanes of at least 4 members (excludes halogenated alkanes) is 1. The van der Waals surface area contributed by atoms with Crippen LogP contribution in [0.25, 0.3) is 0 Å². The van der Waals surface area contributed by atoms with E-state index in [4.69, 9.17) is 9.47 Å². The Kier molecular flexibility index (Phi) is 6.19. The summed E-state index contributed by atoms with van der Waals surface area (Å²) >= 11 is 0. The Hall–Kier alpha value is -1.22. The Morgan fingerprint density at radius 2 is 1.80 bits per heavy atom. The minimum atomic E-state index is 0.782. The van der Waals surface area contributed by atoms with Gasteiger partial charge in [-0.3, -0.25) is 0 Å². The third-order valence-corrected chi connectivity index (χ3v) is 4.23. The van der Waals surface area contributed by atoms with Crippen LogP contribution >= 0.6 is 0 Å². The summed E-state index contributed by atoms with van der Waals surface area (Å²) in [5.41, 5.74) is 0. The summed E-state index contributed by atoms with van der Waals surface area (Å²) in [6.45, 7) is 7.16. The van der Waals surface area contributed by atoms with Crippen molar-refractivity contribution < 1.29 is 14.4 Å². The minimum absolute atomic E-state index is 0.782. The predicted molar refractivity (Wildman–Crippen MR) is 81.7 cm³/mol. The first-order chi connectivity index (χ1) is 9.79. The van der Waals surface area contributed by atoms with Gasteiger partial charge in [-0.25, -0.2) is 0 Å². The normalized spacial score (nSPS) is 22.5. The quantitative estimate of drug-likeness (QED) is 0.773. The third kappa shape index (κ3) is 4.71.